The number of hydrogen-bond acceptors (Lipinski definition) is 5. The molecule has 1 atom stereocenters. The second-order valence-corrected chi connectivity index (χ2v) is 7.13. The summed E-state index contributed by atoms with van der Waals surface area (Å²) in [5, 5.41) is 3.08. The fraction of sp³-hybridized carbons (Fsp3) is 0.474. The number of benzene rings is 1. The summed E-state index contributed by atoms with van der Waals surface area (Å²) < 4.78 is 0. The molecule has 1 heterocycles. The molecule has 0 aliphatic heterocycles. The summed E-state index contributed by atoms with van der Waals surface area (Å²) in [5.74, 6) is -0.261. The highest BCUT2D eigenvalue weighted by Crippen LogP contribution is 2.09. The van der Waals surface area contributed by atoms with E-state index in [4.69, 9.17) is 5.73 Å². The molecule has 8 nitrogen and oxygen atoms in total. The van der Waals surface area contributed by atoms with Crippen LogP contribution < -0.4 is 16.6 Å². The number of hydrogen-bond donors (Lipinski definition) is 3. The summed E-state index contributed by atoms with van der Waals surface area (Å²) in [6.07, 6.45) is 0. The number of fused-ring (bicyclic) bond motifs is 1. The summed E-state index contributed by atoms with van der Waals surface area (Å²) in [7, 11) is 0. The topological polar surface area (TPSA) is 121 Å². The molecule has 2 aromatic rings. The van der Waals surface area contributed by atoms with Gasteiger partial charge >= 0.3 is 0 Å². The van der Waals surface area contributed by atoms with Crippen molar-refractivity contribution < 1.29 is 9.59 Å². The van der Waals surface area contributed by atoms with Crippen LogP contribution in [-0.4, -0.2) is 45.3 Å². The van der Waals surface area contributed by atoms with Crippen LogP contribution in [0.3, 0.4) is 0 Å². The fourth-order valence-electron chi connectivity index (χ4n) is 2.61. The van der Waals surface area contributed by atoms with Crippen LogP contribution in [0.1, 0.15) is 33.5 Å². The Labute approximate surface area is 158 Å². The fourth-order valence-corrected chi connectivity index (χ4v) is 2.61. The predicted molar refractivity (Wildman–Crippen MR) is 104 cm³/mol. The SMILES string of the molecule is CC(C)[C@H](N)C(=O)NCC(=O)N(Cc1nc2ccccc2c(=O)[nH]1)C(C)C. The van der Waals surface area contributed by atoms with Gasteiger partial charge in [-0.1, -0.05) is 26.0 Å². The van der Waals surface area contributed by atoms with Gasteiger partial charge < -0.3 is 20.9 Å². The van der Waals surface area contributed by atoms with Gasteiger partial charge in [0.25, 0.3) is 5.56 Å². The molecule has 4 N–H and O–H groups in total. The van der Waals surface area contributed by atoms with E-state index in [0.29, 0.717) is 16.7 Å². The normalized spacial score (nSPS) is 12.4. The highest BCUT2D eigenvalue weighted by molar-refractivity contribution is 5.87. The van der Waals surface area contributed by atoms with Crippen molar-refractivity contribution in [2.75, 3.05) is 6.54 Å². The van der Waals surface area contributed by atoms with E-state index in [1.54, 1.807) is 29.2 Å². The van der Waals surface area contributed by atoms with Crippen LogP contribution in [-0.2, 0) is 16.1 Å². The number of amides is 2. The number of aromatic nitrogens is 2. The van der Waals surface area contributed by atoms with Crippen molar-refractivity contribution in [1.82, 2.24) is 20.2 Å². The van der Waals surface area contributed by atoms with Gasteiger partial charge in [0.1, 0.15) is 5.82 Å². The first-order valence-corrected chi connectivity index (χ1v) is 9.01. The highest BCUT2D eigenvalue weighted by atomic mass is 16.2. The van der Waals surface area contributed by atoms with Crippen LogP contribution in [0, 0.1) is 5.92 Å². The number of carbonyl (C=O) groups is 2. The Kier molecular flexibility index (Phi) is 6.68. The van der Waals surface area contributed by atoms with Crippen molar-refractivity contribution in [3.63, 3.8) is 0 Å². The van der Waals surface area contributed by atoms with Crippen LogP contribution in [0.5, 0.6) is 0 Å². The molecular weight excluding hydrogens is 346 g/mol. The third-order valence-corrected chi connectivity index (χ3v) is 4.36. The van der Waals surface area contributed by atoms with Gasteiger partial charge in [0.2, 0.25) is 11.8 Å². The van der Waals surface area contributed by atoms with Crippen molar-refractivity contribution >= 4 is 22.7 Å². The lowest BCUT2D eigenvalue weighted by Gasteiger charge is -2.27. The maximum Gasteiger partial charge on any atom is 0.258 e. The molecule has 0 bridgehead atoms. The van der Waals surface area contributed by atoms with Crippen LogP contribution in [0.2, 0.25) is 0 Å². The van der Waals surface area contributed by atoms with Gasteiger partial charge in [0.15, 0.2) is 0 Å². The van der Waals surface area contributed by atoms with Gasteiger partial charge in [-0.2, -0.15) is 0 Å². The third kappa shape index (κ3) is 5.13. The van der Waals surface area contributed by atoms with E-state index in [0.717, 1.165) is 0 Å². The monoisotopic (exact) mass is 373 g/mol. The minimum absolute atomic E-state index is 0.0202. The number of nitrogens with one attached hydrogen (secondary N) is 2. The first kappa shape index (κ1) is 20.6. The summed E-state index contributed by atoms with van der Waals surface area (Å²) in [6, 6.07) is 6.23. The molecule has 0 saturated carbocycles. The minimum Gasteiger partial charge on any atom is -0.346 e. The first-order valence-electron chi connectivity index (χ1n) is 9.01. The molecule has 2 rings (SSSR count). The number of nitrogens with two attached hydrogens (primary N) is 1. The Morgan fingerprint density at radius 1 is 1.22 bits per heavy atom. The largest absolute Gasteiger partial charge is 0.346 e. The Morgan fingerprint density at radius 2 is 1.89 bits per heavy atom. The molecule has 1 aromatic carbocycles. The van der Waals surface area contributed by atoms with Crippen LogP contribution >= 0.6 is 0 Å². The maximum atomic E-state index is 12.6. The van der Waals surface area contributed by atoms with E-state index in [2.05, 4.69) is 15.3 Å². The van der Waals surface area contributed by atoms with Gasteiger partial charge in [-0.3, -0.25) is 14.4 Å². The van der Waals surface area contributed by atoms with Crippen molar-refractivity contribution in [3.05, 3.63) is 40.4 Å². The number of para-hydroxylation sites is 1. The number of H-pyrrole nitrogens is 1. The van der Waals surface area contributed by atoms with E-state index < -0.39 is 6.04 Å². The second kappa shape index (κ2) is 8.77. The van der Waals surface area contributed by atoms with Gasteiger partial charge in [-0.15, -0.1) is 0 Å². The Balaban J connectivity index is 2.12. The van der Waals surface area contributed by atoms with E-state index in [1.807, 2.05) is 27.7 Å². The molecule has 0 unspecified atom stereocenters. The van der Waals surface area contributed by atoms with Gasteiger partial charge in [0, 0.05) is 6.04 Å². The molecule has 8 heteroatoms. The minimum atomic E-state index is -0.663. The maximum absolute atomic E-state index is 12.6. The van der Waals surface area contributed by atoms with Crippen molar-refractivity contribution in [2.45, 2.75) is 46.3 Å². The lowest BCUT2D eigenvalue weighted by Crippen LogP contribution is -2.49. The molecule has 0 radical (unpaired) electrons. The quantitative estimate of drug-likeness (QED) is 0.661. The van der Waals surface area contributed by atoms with Gasteiger partial charge in [-0.05, 0) is 31.9 Å². The summed E-state index contributed by atoms with van der Waals surface area (Å²) >= 11 is 0. The molecular formula is C19H27N5O3. The zero-order valence-corrected chi connectivity index (χ0v) is 16.2. The van der Waals surface area contributed by atoms with Crippen LogP contribution in [0.25, 0.3) is 10.9 Å². The summed E-state index contributed by atoms with van der Waals surface area (Å²) in [5.41, 5.74) is 6.11. The summed E-state index contributed by atoms with van der Waals surface area (Å²) in [6.45, 7) is 7.39. The molecule has 0 saturated heterocycles. The number of nitrogens with zero attached hydrogens (tertiary/aromatic N) is 2. The molecule has 0 fully saturated rings. The lowest BCUT2D eigenvalue weighted by atomic mass is 10.1. The molecule has 0 spiro atoms. The first-order chi connectivity index (χ1) is 12.7. The molecule has 0 aliphatic carbocycles. The molecule has 2 amide bonds. The Morgan fingerprint density at radius 3 is 2.52 bits per heavy atom. The van der Waals surface area contributed by atoms with Crippen LogP contribution in [0.15, 0.2) is 29.1 Å². The zero-order valence-electron chi connectivity index (χ0n) is 16.2. The number of rotatable bonds is 7. The van der Waals surface area contributed by atoms with Crippen molar-refractivity contribution in [2.24, 2.45) is 11.7 Å². The molecule has 146 valence electrons. The average Bonchev–Trinajstić information content (AvgIpc) is 2.63. The Hall–Kier alpha value is -2.74. The predicted octanol–water partition coefficient (Wildman–Crippen LogP) is 0.760. The van der Waals surface area contributed by atoms with Crippen molar-refractivity contribution in [1.29, 1.82) is 0 Å². The van der Waals surface area contributed by atoms with E-state index >= 15 is 0 Å². The van der Waals surface area contributed by atoms with Crippen molar-refractivity contribution in [3.8, 4) is 0 Å². The van der Waals surface area contributed by atoms with Gasteiger partial charge in [-0.25, -0.2) is 4.98 Å². The third-order valence-electron chi connectivity index (χ3n) is 4.36. The summed E-state index contributed by atoms with van der Waals surface area (Å²) in [4.78, 5) is 45.5. The second-order valence-electron chi connectivity index (χ2n) is 7.13. The van der Waals surface area contributed by atoms with Crippen LogP contribution in [0.4, 0.5) is 0 Å². The van der Waals surface area contributed by atoms with E-state index in [9.17, 15) is 14.4 Å². The molecule has 27 heavy (non-hydrogen) atoms. The van der Waals surface area contributed by atoms with Gasteiger partial charge in [0.05, 0.1) is 30.0 Å². The smallest absolute Gasteiger partial charge is 0.258 e. The average molecular weight is 373 g/mol. The number of carbonyl (C=O) groups excluding carboxylic acids is 2. The Bertz CT molecular complexity index is 875. The number of aromatic amines is 1. The highest BCUT2D eigenvalue weighted by Gasteiger charge is 2.22. The van der Waals surface area contributed by atoms with E-state index in [1.165, 1.54) is 0 Å². The zero-order chi connectivity index (χ0) is 20.1. The molecule has 0 aliphatic rings. The lowest BCUT2D eigenvalue weighted by molar-refractivity contribution is -0.135. The van der Waals surface area contributed by atoms with E-state index in [-0.39, 0.29) is 42.4 Å². The molecule has 1 aromatic heterocycles. The standard InChI is InChI=1S/C19H27N5O3/c1-11(2)17(20)19(27)21-9-16(25)24(12(3)4)10-15-22-14-8-6-5-7-13(14)18(26)23-15/h5-8,11-12,17H,9-10,20H2,1-4H3,(H,21,27)(H,22,23,26)/t17-/m0/s1.